The van der Waals surface area contributed by atoms with E-state index in [9.17, 15) is 9.67 Å². The van der Waals surface area contributed by atoms with E-state index in [-0.39, 0.29) is 17.5 Å². The van der Waals surface area contributed by atoms with Gasteiger partial charge in [0, 0.05) is 13.0 Å². The highest BCUT2D eigenvalue weighted by molar-refractivity contribution is 7.96. The van der Waals surface area contributed by atoms with Crippen LogP contribution in [0.5, 0.6) is 0 Å². The molecule has 0 bridgehead atoms. The van der Waals surface area contributed by atoms with E-state index in [0.717, 1.165) is 17.9 Å². The number of phosphoric ester groups is 1. The van der Waals surface area contributed by atoms with Gasteiger partial charge in [-0.3, -0.25) is 4.52 Å². The molecule has 0 aromatic heterocycles. The van der Waals surface area contributed by atoms with Gasteiger partial charge in [-0.2, -0.15) is 0 Å². The second-order valence-corrected chi connectivity index (χ2v) is 11.1. The maximum absolute atomic E-state index is 10.6. The Hall–Kier alpha value is 0.380. The van der Waals surface area contributed by atoms with Gasteiger partial charge in [0.2, 0.25) is 0 Å². The lowest BCUT2D eigenvalue weighted by atomic mass is 10.1. The van der Waals surface area contributed by atoms with Gasteiger partial charge in [0.1, 0.15) is 23.4 Å². The fourth-order valence-corrected chi connectivity index (χ4v) is 5.25. The van der Waals surface area contributed by atoms with Gasteiger partial charge in [0.25, 0.3) is 0 Å². The molecule has 0 aliphatic heterocycles. The normalized spacial score (nSPS) is 14.3. The van der Waals surface area contributed by atoms with Crippen molar-refractivity contribution in [3.05, 3.63) is 0 Å². The van der Waals surface area contributed by atoms with Gasteiger partial charge in [-0.1, -0.05) is 64.7 Å². The van der Waals surface area contributed by atoms with Crippen molar-refractivity contribution in [3.63, 3.8) is 0 Å². The SMILES string of the molecule is CCCCCCCCCCCCOCC(O)C[S+](CC)CCCOP(=O)(O)O. The Morgan fingerprint density at radius 2 is 1.43 bits per heavy atom. The molecule has 0 fully saturated rings. The van der Waals surface area contributed by atoms with Gasteiger partial charge >= 0.3 is 7.82 Å². The Bertz CT molecular complexity index is 380. The van der Waals surface area contributed by atoms with Crippen LogP contribution in [0.15, 0.2) is 0 Å². The summed E-state index contributed by atoms with van der Waals surface area (Å²) in [5.41, 5.74) is 0. The van der Waals surface area contributed by atoms with Crippen LogP contribution in [-0.4, -0.2) is 58.1 Å². The third-order valence-electron chi connectivity index (χ3n) is 4.63. The molecule has 0 saturated heterocycles. The molecule has 28 heavy (non-hydrogen) atoms. The van der Waals surface area contributed by atoms with Crippen LogP contribution in [0.3, 0.4) is 0 Å². The summed E-state index contributed by atoms with van der Waals surface area (Å²) in [7, 11) is -4.33. The highest BCUT2D eigenvalue weighted by atomic mass is 32.2. The van der Waals surface area contributed by atoms with Gasteiger partial charge in [0.15, 0.2) is 0 Å². The molecule has 0 aliphatic carbocycles. The first-order chi connectivity index (χ1) is 13.4. The molecule has 2 unspecified atom stereocenters. The Labute approximate surface area is 175 Å². The van der Waals surface area contributed by atoms with E-state index in [2.05, 4.69) is 18.4 Å². The lowest BCUT2D eigenvalue weighted by Crippen LogP contribution is -2.29. The van der Waals surface area contributed by atoms with E-state index >= 15 is 0 Å². The largest absolute Gasteiger partial charge is 0.469 e. The Balaban J connectivity index is 3.49. The zero-order chi connectivity index (χ0) is 21.1. The van der Waals surface area contributed by atoms with Crippen molar-refractivity contribution in [2.24, 2.45) is 0 Å². The molecular formula is C20H44O6PS+. The molecule has 0 saturated carbocycles. The standard InChI is InChI=1S/C20H43O6PS/c1-3-5-6-7-8-9-10-11-12-13-15-25-18-20(21)19-28(4-2)17-14-16-26-27(22,23)24/h20-21H,3-19H2,1-2H3,(H-,22,23,24)/p+1. The second kappa shape index (κ2) is 19.3. The zero-order valence-corrected chi connectivity index (χ0v) is 19.7. The van der Waals surface area contributed by atoms with Gasteiger partial charge in [0.05, 0.1) is 13.2 Å². The summed E-state index contributed by atoms with van der Waals surface area (Å²) in [6, 6.07) is 0. The molecule has 0 rings (SSSR count). The highest BCUT2D eigenvalue weighted by Gasteiger charge is 2.22. The van der Waals surface area contributed by atoms with Gasteiger partial charge < -0.3 is 19.6 Å². The summed E-state index contributed by atoms with van der Waals surface area (Å²) in [4.78, 5) is 17.3. The fraction of sp³-hybridized carbons (Fsp3) is 1.00. The lowest BCUT2D eigenvalue weighted by Gasteiger charge is -2.13. The number of ether oxygens (including phenoxy) is 1. The van der Waals surface area contributed by atoms with E-state index in [1.165, 1.54) is 57.8 Å². The molecule has 8 heteroatoms. The van der Waals surface area contributed by atoms with Gasteiger partial charge in [-0.05, 0) is 24.2 Å². The van der Waals surface area contributed by atoms with E-state index in [1.807, 2.05) is 0 Å². The van der Waals surface area contributed by atoms with Crippen molar-refractivity contribution >= 4 is 18.7 Å². The van der Waals surface area contributed by atoms with Crippen molar-refractivity contribution in [1.29, 1.82) is 0 Å². The minimum atomic E-state index is -4.36. The van der Waals surface area contributed by atoms with Crippen molar-refractivity contribution in [3.8, 4) is 0 Å². The minimum absolute atomic E-state index is 0.0311. The molecule has 3 N–H and O–H groups in total. The number of rotatable bonds is 21. The average molecular weight is 444 g/mol. The zero-order valence-electron chi connectivity index (χ0n) is 18.0. The van der Waals surface area contributed by atoms with Gasteiger partial charge in [-0.25, -0.2) is 4.57 Å². The molecule has 2 atom stereocenters. The Kier molecular flexibility index (Phi) is 19.6. The average Bonchev–Trinajstić information content (AvgIpc) is 2.64. The first kappa shape index (κ1) is 28.4. The summed E-state index contributed by atoms with van der Waals surface area (Å²) in [5, 5.41) is 10.1. The number of hydrogen-bond donors (Lipinski definition) is 3. The number of aliphatic hydroxyl groups is 1. The fourth-order valence-electron chi connectivity index (χ4n) is 3.02. The van der Waals surface area contributed by atoms with Crippen molar-refractivity contribution in [1.82, 2.24) is 0 Å². The number of unbranched alkanes of at least 4 members (excludes halogenated alkanes) is 9. The number of aliphatic hydroxyl groups excluding tert-OH is 1. The van der Waals surface area contributed by atoms with E-state index in [4.69, 9.17) is 14.5 Å². The monoisotopic (exact) mass is 443 g/mol. The molecule has 0 amide bonds. The van der Waals surface area contributed by atoms with E-state index in [1.54, 1.807) is 0 Å². The molecule has 0 aliphatic rings. The molecule has 6 nitrogen and oxygen atoms in total. The second-order valence-electron chi connectivity index (χ2n) is 7.36. The first-order valence-corrected chi connectivity index (χ1v) is 14.2. The van der Waals surface area contributed by atoms with Crippen LogP contribution in [-0.2, 0) is 24.7 Å². The maximum Gasteiger partial charge on any atom is 0.469 e. The van der Waals surface area contributed by atoms with E-state index < -0.39 is 13.9 Å². The minimum Gasteiger partial charge on any atom is -0.386 e. The molecule has 0 aromatic rings. The summed E-state index contributed by atoms with van der Waals surface area (Å²) in [6.07, 6.45) is 13.1. The predicted molar refractivity (Wildman–Crippen MR) is 119 cm³/mol. The van der Waals surface area contributed by atoms with Crippen LogP contribution in [0.4, 0.5) is 0 Å². The molecule has 0 aromatic carbocycles. The smallest absolute Gasteiger partial charge is 0.386 e. The molecule has 0 radical (unpaired) electrons. The van der Waals surface area contributed by atoms with Crippen LogP contribution in [0, 0.1) is 0 Å². The Morgan fingerprint density at radius 1 is 0.857 bits per heavy atom. The maximum atomic E-state index is 10.6. The summed E-state index contributed by atoms with van der Waals surface area (Å²) in [6.45, 7) is 5.46. The quantitative estimate of drug-likeness (QED) is 0.138. The summed E-state index contributed by atoms with van der Waals surface area (Å²) >= 11 is 0. The molecule has 0 spiro atoms. The predicted octanol–water partition coefficient (Wildman–Crippen LogP) is 4.42. The Morgan fingerprint density at radius 3 is 1.96 bits per heavy atom. The molecule has 0 heterocycles. The van der Waals surface area contributed by atoms with Crippen LogP contribution in [0.25, 0.3) is 0 Å². The van der Waals surface area contributed by atoms with Crippen molar-refractivity contribution in [2.45, 2.75) is 90.6 Å². The third kappa shape index (κ3) is 21.1. The van der Waals surface area contributed by atoms with Crippen molar-refractivity contribution in [2.75, 3.05) is 37.1 Å². The van der Waals surface area contributed by atoms with Crippen LogP contribution in [0.2, 0.25) is 0 Å². The lowest BCUT2D eigenvalue weighted by molar-refractivity contribution is 0.0465. The summed E-state index contributed by atoms with van der Waals surface area (Å²) < 4.78 is 20.7. The number of phosphoric acid groups is 1. The van der Waals surface area contributed by atoms with Crippen molar-refractivity contribution < 1.29 is 28.7 Å². The topological polar surface area (TPSA) is 96.2 Å². The molecular weight excluding hydrogens is 399 g/mol. The van der Waals surface area contributed by atoms with Crippen LogP contribution >= 0.6 is 7.82 Å². The summed E-state index contributed by atoms with van der Waals surface area (Å²) in [5.74, 6) is 2.45. The molecule has 170 valence electrons. The van der Waals surface area contributed by atoms with E-state index in [0.29, 0.717) is 25.4 Å². The number of hydrogen-bond acceptors (Lipinski definition) is 4. The van der Waals surface area contributed by atoms with Crippen LogP contribution in [0.1, 0.15) is 84.5 Å². The highest BCUT2D eigenvalue weighted by Crippen LogP contribution is 2.35. The third-order valence-corrected chi connectivity index (χ3v) is 7.68. The van der Waals surface area contributed by atoms with Gasteiger partial charge in [-0.15, -0.1) is 0 Å². The first-order valence-electron chi connectivity index (χ1n) is 11.0. The van der Waals surface area contributed by atoms with Crippen LogP contribution < -0.4 is 0 Å².